The van der Waals surface area contributed by atoms with Crippen LogP contribution in [0.25, 0.3) is 15.5 Å². The van der Waals surface area contributed by atoms with Crippen molar-refractivity contribution in [2.24, 2.45) is 0 Å². The molecule has 130 valence electrons. The lowest BCUT2D eigenvalue weighted by Gasteiger charge is -2.11. The number of amides is 1. The summed E-state index contributed by atoms with van der Waals surface area (Å²) in [7, 11) is 1.50. The van der Waals surface area contributed by atoms with Gasteiger partial charge in [0, 0.05) is 5.56 Å². The van der Waals surface area contributed by atoms with Crippen LogP contribution in [0, 0.1) is 5.82 Å². The monoisotopic (exact) mass is 369 g/mol. The summed E-state index contributed by atoms with van der Waals surface area (Å²) in [4.78, 5) is 13.1. The molecule has 4 rings (SSSR count). The van der Waals surface area contributed by atoms with Gasteiger partial charge in [-0.05, 0) is 30.3 Å². The highest BCUT2D eigenvalue weighted by Crippen LogP contribution is 2.32. The van der Waals surface area contributed by atoms with Crippen LogP contribution in [0.3, 0.4) is 0 Å². The average Bonchev–Trinajstić information content (AvgIpc) is 3.24. The van der Waals surface area contributed by atoms with E-state index in [9.17, 15) is 9.18 Å². The van der Waals surface area contributed by atoms with Crippen LogP contribution in [-0.2, 0) is 0 Å². The van der Waals surface area contributed by atoms with Gasteiger partial charge in [-0.3, -0.25) is 4.79 Å². The van der Waals surface area contributed by atoms with Gasteiger partial charge in [0.2, 0.25) is 4.96 Å². The summed E-state index contributed by atoms with van der Waals surface area (Å²) >= 11 is 1.36. The first-order valence-electron chi connectivity index (χ1n) is 7.57. The van der Waals surface area contributed by atoms with Crippen LogP contribution in [0.15, 0.2) is 48.8 Å². The highest BCUT2D eigenvalue weighted by atomic mass is 32.1. The van der Waals surface area contributed by atoms with Crippen molar-refractivity contribution in [3.8, 4) is 16.3 Å². The number of carbonyl (C=O) groups is 1. The van der Waals surface area contributed by atoms with Crippen LogP contribution in [0.1, 0.15) is 10.4 Å². The number of methoxy groups -OCH3 is 1. The van der Waals surface area contributed by atoms with Crippen molar-refractivity contribution in [1.29, 1.82) is 0 Å². The predicted octanol–water partition coefficient (Wildman–Crippen LogP) is 3.25. The van der Waals surface area contributed by atoms with Gasteiger partial charge >= 0.3 is 0 Å². The number of hydrogen-bond donors (Lipinski definition) is 1. The molecule has 0 spiro atoms. The minimum atomic E-state index is -0.589. The summed E-state index contributed by atoms with van der Waals surface area (Å²) in [5.41, 5.74) is 1.15. The molecule has 7 nitrogen and oxygen atoms in total. The van der Waals surface area contributed by atoms with E-state index in [0.29, 0.717) is 21.4 Å². The molecule has 4 aromatic rings. The van der Waals surface area contributed by atoms with Crippen LogP contribution >= 0.6 is 11.3 Å². The molecule has 2 aromatic heterocycles. The van der Waals surface area contributed by atoms with Crippen molar-refractivity contribution >= 4 is 27.9 Å². The largest absolute Gasteiger partial charge is 0.495 e. The molecule has 0 saturated carbocycles. The molecular formula is C17H12FN5O2S. The number of nitrogens with zero attached hydrogens (tertiary/aromatic N) is 4. The van der Waals surface area contributed by atoms with Crippen LogP contribution in [0.2, 0.25) is 0 Å². The van der Waals surface area contributed by atoms with Gasteiger partial charge < -0.3 is 10.1 Å². The fourth-order valence-electron chi connectivity index (χ4n) is 2.45. The van der Waals surface area contributed by atoms with Gasteiger partial charge in [-0.15, -0.1) is 10.2 Å². The zero-order valence-corrected chi connectivity index (χ0v) is 14.3. The molecule has 26 heavy (non-hydrogen) atoms. The van der Waals surface area contributed by atoms with Crippen molar-refractivity contribution in [3.05, 3.63) is 60.2 Å². The zero-order chi connectivity index (χ0) is 18.1. The summed E-state index contributed by atoms with van der Waals surface area (Å²) in [5.74, 6) is -0.688. The van der Waals surface area contributed by atoms with E-state index in [4.69, 9.17) is 4.74 Å². The number of rotatable bonds is 4. The lowest BCUT2D eigenvalue weighted by atomic mass is 10.1. The van der Waals surface area contributed by atoms with Crippen LogP contribution < -0.4 is 10.1 Å². The Balaban J connectivity index is 1.69. The quantitative estimate of drug-likeness (QED) is 0.597. The zero-order valence-electron chi connectivity index (χ0n) is 13.5. The summed E-state index contributed by atoms with van der Waals surface area (Å²) in [6, 6.07) is 11.1. The molecule has 1 N–H and O–H groups in total. The molecule has 1 amide bonds. The Kier molecular flexibility index (Phi) is 4.05. The Bertz CT molecular complexity index is 1080. The summed E-state index contributed by atoms with van der Waals surface area (Å²) in [6.07, 6.45) is 1.51. The fraction of sp³-hybridized carbons (Fsp3) is 0.0588. The lowest BCUT2D eigenvalue weighted by molar-refractivity contribution is 0.102. The van der Waals surface area contributed by atoms with Gasteiger partial charge in [0.15, 0.2) is 0 Å². The van der Waals surface area contributed by atoms with E-state index >= 15 is 0 Å². The second kappa shape index (κ2) is 6.52. The van der Waals surface area contributed by atoms with E-state index in [-0.39, 0.29) is 5.56 Å². The van der Waals surface area contributed by atoms with Gasteiger partial charge in [-0.1, -0.05) is 23.5 Å². The Morgan fingerprint density at radius 1 is 1.27 bits per heavy atom. The third kappa shape index (κ3) is 2.88. The van der Waals surface area contributed by atoms with E-state index in [1.807, 2.05) is 6.07 Å². The van der Waals surface area contributed by atoms with Crippen molar-refractivity contribution < 1.29 is 13.9 Å². The maximum atomic E-state index is 13.8. The molecule has 0 aliphatic heterocycles. The Morgan fingerprint density at radius 3 is 2.88 bits per heavy atom. The maximum absolute atomic E-state index is 13.8. The molecule has 0 aliphatic rings. The van der Waals surface area contributed by atoms with Crippen LogP contribution in [-0.4, -0.2) is 32.8 Å². The highest BCUT2D eigenvalue weighted by Gasteiger charge is 2.16. The number of hydrogen-bond acceptors (Lipinski definition) is 6. The first kappa shape index (κ1) is 16.2. The maximum Gasteiger partial charge on any atom is 0.258 e. The second-order valence-electron chi connectivity index (χ2n) is 5.31. The van der Waals surface area contributed by atoms with E-state index in [0.717, 1.165) is 5.56 Å². The van der Waals surface area contributed by atoms with Gasteiger partial charge in [0.05, 0.1) is 18.4 Å². The minimum absolute atomic E-state index is 0.0428. The number of anilines is 1. The molecule has 0 atom stereocenters. The first-order valence-corrected chi connectivity index (χ1v) is 8.38. The normalized spacial score (nSPS) is 10.8. The second-order valence-corrected chi connectivity index (χ2v) is 6.27. The molecule has 0 bridgehead atoms. The standard InChI is InChI=1S/C17H12FN5O2S/c1-25-14-7-6-10(16-22-23-9-19-21-17(23)26-16)8-13(14)20-15(24)11-4-2-3-5-12(11)18/h2-9H,1H3,(H,20,24). The predicted molar refractivity (Wildman–Crippen MR) is 95.0 cm³/mol. The number of carbonyl (C=O) groups excluding carboxylic acids is 1. The molecule has 0 radical (unpaired) electrons. The van der Waals surface area contributed by atoms with Gasteiger partial charge in [0.25, 0.3) is 5.91 Å². The number of halogens is 1. The number of ether oxygens (including phenoxy) is 1. The van der Waals surface area contributed by atoms with Crippen LogP contribution in [0.4, 0.5) is 10.1 Å². The number of fused-ring (bicyclic) bond motifs is 1. The van der Waals surface area contributed by atoms with E-state index in [1.54, 1.807) is 22.7 Å². The van der Waals surface area contributed by atoms with Crippen molar-refractivity contribution in [1.82, 2.24) is 19.8 Å². The summed E-state index contributed by atoms with van der Waals surface area (Å²) in [6.45, 7) is 0. The molecular weight excluding hydrogens is 357 g/mol. The summed E-state index contributed by atoms with van der Waals surface area (Å²) in [5, 5.41) is 15.5. The third-order valence-electron chi connectivity index (χ3n) is 3.70. The number of benzene rings is 2. The topological polar surface area (TPSA) is 81.4 Å². The third-order valence-corrected chi connectivity index (χ3v) is 4.66. The SMILES string of the molecule is COc1ccc(-c2nn3cnnc3s2)cc1NC(=O)c1ccccc1F. The Hall–Kier alpha value is -3.33. The van der Waals surface area contributed by atoms with Crippen molar-refractivity contribution in [3.63, 3.8) is 0 Å². The molecule has 0 aliphatic carbocycles. The van der Waals surface area contributed by atoms with Crippen molar-refractivity contribution in [2.45, 2.75) is 0 Å². The van der Waals surface area contributed by atoms with E-state index in [2.05, 4.69) is 20.6 Å². The molecule has 0 fully saturated rings. The van der Waals surface area contributed by atoms with Gasteiger partial charge in [0.1, 0.15) is 22.9 Å². The van der Waals surface area contributed by atoms with E-state index < -0.39 is 11.7 Å². The number of nitrogens with one attached hydrogen (secondary N) is 1. The molecule has 2 aromatic carbocycles. The average molecular weight is 369 g/mol. The molecule has 0 unspecified atom stereocenters. The minimum Gasteiger partial charge on any atom is -0.495 e. The van der Waals surface area contributed by atoms with Gasteiger partial charge in [-0.25, -0.2) is 4.39 Å². The van der Waals surface area contributed by atoms with E-state index in [1.165, 1.54) is 43.0 Å². The Labute approximate surface area is 151 Å². The lowest BCUT2D eigenvalue weighted by Crippen LogP contribution is -2.14. The Morgan fingerprint density at radius 2 is 2.12 bits per heavy atom. The van der Waals surface area contributed by atoms with Crippen LogP contribution in [0.5, 0.6) is 5.75 Å². The molecule has 0 saturated heterocycles. The fourth-order valence-corrected chi connectivity index (χ4v) is 3.27. The van der Waals surface area contributed by atoms with Crippen molar-refractivity contribution in [2.75, 3.05) is 12.4 Å². The highest BCUT2D eigenvalue weighted by molar-refractivity contribution is 7.19. The number of aromatic nitrogens is 4. The van der Waals surface area contributed by atoms with Gasteiger partial charge in [-0.2, -0.15) is 9.61 Å². The summed E-state index contributed by atoms with van der Waals surface area (Å²) < 4.78 is 20.7. The molecule has 2 heterocycles. The first-order chi connectivity index (χ1) is 12.7. The smallest absolute Gasteiger partial charge is 0.258 e. The molecule has 9 heteroatoms.